The van der Waals surface area contributed by atoms with Gasteiger partial charge in [0.25, 0.3) is 0 Å². The van der Waals surface area contributed by atoms with Gasteiger partial charge in [0.2, 0.25) is 0 Å². The average Bonchev–Trinajstić information content (AvgIpc) is 3.23. The van der Waals surface area contributed by atoms with Gasteiger partial charge in [-0.25, -0.2) is 4.79 Å². The van der Waals surface area contributed by atoms with E-state index < -0.39 is 0 Å². The molecule has 0 unspecified atom stereocenters. The number of hydrogen-bond acceptors (Lipinski definition) is 2. The zero-order chi connectivity index (χ0) is 14.5. The average molecular weight is 276 g/mol. The number of anilines is 1. The summed E-state index contributed by atoms with van der Waals surface area (Å²) < 4.78 is 0. The molecule has 0 atom stereocenters. The van der Waals surface area contributed by atoms with Gasteiger partial charge in [0, 0.05) is 24.9 Å². The fourth-order valence-electron chi connectivity index (χ4n) is 2.42. The maximum atomic E-state index is 12.4. The molecule has 0 aromatic heterocycles. The highest BCUT2D eigenvalue weighted by Crippen LogP contribution is 2.28. The topological polar surface area (TPSA) is 52.6 Å². The van der Waals surface area contributed by atoms with Crippen molar-refractivity contribution in [3.05, 3.63) is 29.3 Å². The Morgan fingerprint density at radius 1 is 1.30 bits per heavy atom. The molecule has 0 radical (unpaired) electrons. The van der Waals surface area contributed by atoms with Gasteiger partial charge in [-0.1, -0.05) is 18.2 Å². The summed E-state index contributed by atoms with van der Waals surface area (Å²) in [4.78, 5) is 14.4. The minimum absolute atomic E-state index is 0.0113. The van der Waals surface area contributed by atoms with Crippen LogP contribution in [0.4, 0.5) is 10.5 Å². The van der Waals surface area contributed by atoms with Crippen molar-refractivity contribution >= 4 is 11.7 Å². The minimum Gasteiger partial charge on any atom is -0.396 e. The summed E-state index contributed by atoms with van der Waals surface area (Å²) in [6, 6.07) is 6.40. The third kappa shape index (κ3) is 3.73. The van der Waals surface area contributed by atoms with Gasteiger partial charge in [-0.3, -0.25) is 0 Å². The Bertz CT molecular complexity index is 449. The number of carbonyl (C=O) groups is 1. The van der Waals surface area contributed by atoms with Gasteiger partial charge in [0.05, 0.1) is 0 Å². The first kappa shape index (κ1) is 14.9. The Hall–Kier alpha value is -1.55. The second-order valence-electron chi connectivity index (χ2n) is 5.55. The number of urea groups is 1. The standard InChI is InChI=1S/C16H24N2O2/c1-12-6-5-7-13(2)15(12)17-16(20)18(14-8-9-14)10-3-4-11-19/h5-7,14,19H,3-4,8-11H2,1-2H3,(H,17,20). The Labute approximate surface area is 120 Å². The Balaban J connectivity index is 2.01. The molecule has 20 heavy (non-hydrogen) atoms. The molecule has 1 fully saturated rings. The Morgan fingerprint density at radius 3 is 2.50 bits per heavy atom. The van der Waals surface area contributed by atoms with Crippen molar-refractivity contribution in [2.24, 2.45) is 0 Å². The van der Waals surface area contributed by atoms with E-state index in [1.54, 1.807) is 0 Å². The molecular weight excluding hydrogens is 252 g/mol. The lowest BCUT2D eigenvalue weighted by Gasteiger charge is -2.24. The number of aryl methyl sites for hydroxylation is 2. The van der Waals surface area contributed by atoms with Crippen LogP contribution < -0.4 is 5.32 Å². The van der Waals surface area contributed by atoms with Crippen molar-refractivity contribution in [2.75, 3.05) is 18.5 Å². The van der Waals surface area contributed by atoms with Crippen LogP contribution in [-0.2, 0) is 0 Å². The van der Waals surface area contributed by atoms with Crippen molar-refractivity contribution in [3.63, 3.8) is 0 Å². The third-order valence-electron chi connectivity index (χ3n) is 3.77. The molecule has 1 aliphatic rings. The molecule has 4 nitrogen and oxygen atoms in total. The summed E-state index contributed by atoms with van der Waals surface area (Å²) in [5.74, 6) is 0. The summed E-state index contributed by atoms with van der Waals surface area (Å²) in [7, 11) is 0. The SMILES string of the molecule is Cc1cccc(C)c1NC(=O)N(CCCCO)C1CC1. The van der Waals surface area contributed by atoms with Crippen LogP contribution in [0.25, 0.3) is 0 Å². The number of amides is 2. The quantitative estimate of drug-likeness (QED) is 0.785. The lowest BCUT2D eigenvalue weighted by atomic mass is 10.1. The minimum atomic E-state index is -0.0113. The second-order valence-corrected chi connectivity index (χ2v) is 5.55. The number of aliphatic hydroxyl groups excluding tert-OH is 1. The molecular formula is C16H24N2O2. The molecule has 0 bridgehead atoms. The second kappa shape index (κ2) is 6.75. The van der Waals surface area contributed by atoms with Gasteiger partial charge in [0.15, 0.2) is 0 Å². The van der Waals surface area contributed by atoms with Gasteiger partial charge in [0.1, 0.15) is 0 Å². The van der Waals surface area contributed by atoms with Gasteiger partial charge in [-0.2, -0.15) is 0 Å². The summed E-state index contributed by atoms with van der Waals surface area (Å²) >= 11 is 0. The van der Waals surface area contributed by atoms with E-state index in [4.69, 9.17) is 5.11 Å². The van der Waals surface area contributed by atoms with Gasteiger partial charge >= 0.3 is 6.03 Å². The maximum Gasteiger partial charge on any atom is 0.322 e. The molecule has 0 spiro atoms. The molecule has 2 N–H and O–H groups in total. The Morgan fingerprint density at radius 2 is 1.95 bits per heavy atom. The van der Waals surface area contributed by atoms with Crippen molar-refractivity contribution in [3.8, 4) is 0 Å². The first-order valence-corrected chi connectivity index (χ1v) is 7.38. The van der Waals surface area contributed by atoms with E-state index in [1.165, 1.54) is 0 Å². The number of aliphatic hydroxyl groups is 1. The molecule has 0 aliphatic heterocycles. The molecule has 1 saturated carbocycles. The molecule has 1 aromatic carbocycles. The van der Waals surface area contributed by atoms with E-state index >= 15 is 0 Å². The monoisotopic (exact) mass is 276 g/mol. The number of para-hydroxylation sites is 1. The molecule has 1 aliphatic carbocycles. The van der Waals surface area contributed by atoms with Crippen molar-refractivity contribution in [1.82, 2.24) is 4.90 Å². The summed E-state index contributed by atoms with van der Waals surface area (Å²) in [6.45, 7) is 4.94. The van der Waals surface area contributed by atoms with Crippen LogP contribution in [0.2, 0.25) is 0 Å². The van der Waals surface area contributed by atoms with Gasteiger partial charge in [-0.15, -0.1) is 0 Å². The van der Waals surface area contributed by atoms with E-state index in [2.05, 4.69) is 5.32 Å². The summed E-state index contributed by atoms with van der Waals surface area (Å²) in [6.07, 6.45) is 3.80. The fourth-order valence-corrected chi connectivity index (χ4v) is 2.42. The smallest absolute Gasteiger partial charge is 0.322 e. The number of unbranched alkanes of at least 4 members (excludes halogenated alkanes) is 1. The van der Waals surface area contributed by atoms with Crippen molar-refractivity contribution in [1.29, 1.82) is 0 Å². The predicted molar refractivity (Wildman–Crippen MR) is 81.0 cm³/mol. The number of rotatable bonds is 6. The fraction of sp³-hybridized carbons (Fsp3) is 0.562. The molecule has 4 heteroatoms. The number of nitrogens with zero attached hydrogens (tertiary/aromatic N) is 1. The third-order valence-corrected chi connectivity index (χ3v) is 3.77. The number of carbonyl (C=O) groups excluding carboxylic acids is 1. The largest absolute Gasteiger partial charge is 0.396 e. The van der Waals surface area contributed by atoms with Crippen LogP contribution in [0.15, 0.2) is 18.2 Å². The van der Waals surface area contributed by atoms with Crippen LogP contribution in [0, 0.1) is 13.8 Å². The molecule has 0 heterocycles. The van der Waals surface area contributed by atoms with Crippen LogP contribution in [-0.4, -0.2) is 35.2 Å². The molecule has 1 aromatic rings. The van der Waals surface area contributed by atoms with E-state index in [1.807, 2.05) is 36.9 Å². The normalized spacial score (nSPS) is 14.2. The van der Waals surface area contributed by atoms with Crippen LogP contribution in [0.1, 0.15) is 36.8 Å². The summed E-state index contributed by atoms with van der Waals surface area (Å²) in [5, 5.41) is 11.9. The predicted octanol–water partition coefficient (Wildman–Crippen LogP) is 3.07. The highest BCUT2D eigenvalue weighted by atomic mass is 16.3. The van der Waals surface area contributed by atoms with E-state index in [0.717, 1.165) is 49.0 Å². The number of hydrogen-bond donors (Lipinski definition) is 2. The van der Waals surface area contributed by atoms with Gasteiger partial charge < -0.3 is 15.3 Å². The van der Waals surface area contributed by atoms with E-state index in [0.29, 0.717) is 6.04 Å². The van der Waals surface area contributed by atoms with Crippen LogP contribution in [0.3, 0.4) is 0 Å². The van der Waals surface area contributed by atoms with Crippen LogP contribution >= 0.6 is 0 Å². The number of nitrogens with one attached hydrogen (secondary N) is 1. The van der Waals surface area contributed by atoms with Crippen molar-refractivity contribution in [2.45, 2.75) is 45.6 Å². The Kier molecular flexibility index (Phi) is 5.01. The van der Waals surface area contributed by atoms with E-state index in [-0.39, 0.29) is 12.6 Å². The zero-order valence-electron chi connectivity index (χ0n) is 12.4. The van der Waals surface area contributed by atoms with E-state index in [9.17, 15) is 4.79 Å². The lowest BCUT2D eigenvalue weighted by molar-refractivity contribution is 0.204. The first-order chi connectivity index (χ1) is 9.63. The molecule has 0 saturated heterocycles. The number of benzene rings is 1. The van der Waals surface area contributed by atoms with Crippen LogP contribution in [0.5, 0.6) is 0 Å². The molecule has 2 rings (SSSR count). The lowest BCUT2D eigenvalue weighted by Crippen LogP contribution is -2.37. The van der Waals surface area contributed by atoms with Gasteiger partial charge in [-0.05, 0) is 50.7 Å². The zero-order valence-corrected chi connectivity index (χ0v) is 12.4. The molecule has 110 valence electrons. The highest BCUT2D eigenvalue weighted by molar-refractivity contribution is 5.91. The highest BCUT2D eigenvalue weighted by Gasteiger charge is 2.32. The first-order valence-electron chi connectivity index (χ1n) is 7.38. The summed E-state index contributed by atoms with van der Waals surface area (Å²) in [5.41, 5.74) is 3.10. The molecule has 2 amide bonds. The maximum absolute atomic E-state index is 12.4. The van der Waals surface area contributed by atoms with Crippen molar-refractivity contribution < 1.29 is 9.90 Å².